The predicted molar refractivity (Wildman–Crippen MR) is 124 cm³/mol. The number of carbonyl (C=O) groups excluding carboxylic acids is 1. The van der Waals surface area contributed by atoms with Crippen molar-refractivity contribution in [2.45, 2.75) is 12.8 Å². The maximum atomic E-state index is 12.6. The van der Waals surface area contributed by atoms with Gasteiger partial charge in [-0.1, -0.05) is 24.3 Å². The van der Waals surface area contributed by atoms with Gasteiger partial charge in [0.2, 0.25) is 0 Å². The normalized spacial score (nSPS) is 15.7. The van der Waals surface area contributed by atoms with E-state index in [1.54, 1.807) is 0 Å². The van der Waals surface area contributed by atoms with Crippen LogP contribution in [-0.4, -0.2) is 39.1 Å². The Labute approximate surface area is 183 Å². The van der Waals surface area contributed by atoms with E-state index in [0.717, 1.165) is 52.0 Å². The van der Waals surface area contributed by atoms with E-state index < -0.39 is 0 Å². The van der Waals surface area contributed by atoms with Gasteiger partial charge in [-0.3, -0.25) is 14.9 Å². The highest BCUT2D eigenvalue weighted by Gasteiger charge is 2.24. The van der Waals surface area contributed by atoms with Crippen molar-refractivity contribution in [3.8, 4) is 11.1 Å². The Morgan fingerprint density at radius 1 is 1.10 bits per heavy atom. The lowest BCUT2D eigenvalue weighted by molar-refractivity contribution is 0.0774. The number of amides is 1. The van der Waals surface area contributed by atoms with Crippen LogP contribution in [-0.2, 0) is 6.42 Å². The van der Waals surface area contributed by atoms with Crippen LogP contribution in [0.3, 0.4) is 0 Å². The third-order valence-electron chi connectivity index (χ3n) is 6.11. The van der Waals surface area contributed by atoms with Crippen LogP contribution in [0.15, 0.2) is 71.9 Å². The second kappa shape index (κ2) is 7.32. The molecule has 1 aromatic carbocycles. The monoisotopic (exact) mass is 424 g/mol. The van der Waals surface area contributed by atoms with Gasteiger partial charge in [0.25, 0.3) is 5.91 Å². The maximum absolute atomic E-state index is 12.6. The fourth-order valence-corrected chi connectivity index (χ4v) is 5.13. The SMILES string of the molecule is O=C(c1cccs1)N1CC=C(C2=CCc3ncc(-c4ccc5[nH]ncc5c4)cc32)CC1. The van der Waals surface area contributed by atoms with E-state index in [1.165, 1.54) is 28.0 Å². The van der Waals surface area contributed by atoms with Gasteiger partial charge in [-0.25, -0.2) is 0 Å². The van der Waals surface area contributed by atoms with Crippen molar-refractivity contribution in [2.75, 3.05) is 13.1 Å². The Balaban J connectivity index is 1.27. The molecule has 1 aliphatic heterocycles. The van der Waals surface area contributed by atoms with E-state index in [0.29, 0.717) is 6.54 Å². The quantitative estimate of drug-likeness (QED) is 0.498. The average Bonchev–Trinajstić information content (AvgIpc) is 3.58. The van der Waals surface area contributed by atoms with E-state index >= 15 is 0 Å². The summed E-state index contributed by atoms with van der Waals surface area (Å²) < 4.78 is 0. The number of hydrogen-bond acceptors (Lipinski definition) is 4. The maximum Gasteiger partial charge on any atom is 0.264 e. The first-order valence-electron chi connectivity index (χ1n) is 10.4. The van der Waals surface area contributed by atoms with E-state index in [9.17, 15) is 4.79 Å². The highest BCUT2D eigenvalue weighted by molar-refractivity contribution is 7.12. The highest BCUT2D eigenvalue weighted by atomic mass is 32.1. The summed E-state index contributed by atoms with van der Waals surface area (Å²) in [5.41, 5.74) is 8.22. The largest absolute Gasteiger partial charge is 0.334 e. The van der Waals surface area contributed by atoms with E-state index in [-0.39, 0.29) is 5.91 Å². The number of aromatic amines is 1. The number of H-pyrrole nitrogens is 1. The van der Waals surface area contributed by atoms with Crippen molar-refractivity contribution in [1.82, 2.24) is 20.1 Å². The van der Waals surface area contributed by atoms with Gasteiger partial charge in [-0.2, -0.15) is 5.10 Å². The summed E-state index contributed by atoms with van der Waals surface area (Å²) in [5.74, 6) is 0.129. The summed E-state index contributed by atoms with van der Waals surface area (Å²) in [6.45, 7) is 1.41. The minimum Gasteiger partial charge on any atom is -0.334 e. The molecule has 6 rings (SSSR count). The Morgan fingerprint density at radius 3 is 2.90 bits per heavy atom. The third kappa shape index (κ3) is 3.20. The number of nitrogens with zero attached hydrogens (tertiary/aromatic N) is 3. The summed E-state index contributed by atoms with van der Waals surface area (Å²) in [6.07, 6.45) is 10.0. The summed E-state index contributed by atoms with van der Waals surface area (Å²) in [4.78, 5) is 20.1. The van der Waals surface area contributed by atoms with Gasteiger partial charge in [0.15, 0.2) is 0 Å². The van der Waals surface area contributed by atoms with E-state index in [4.69, 9.17) is 4.98 Å². The van der Waals surface area contributed by atoms with Crippen LogP contribution >= 0.6 is 11.3 Å². The van der Waals surface area contributed by atoms with Gasteiger partial charge in [-0.05, 0) is 52.8 Å². The smallest absolute Gasteiger partial charge is 0.264 e. The van der Waals surface area contributed by atoms with Crippen LogP contribution in [0.4, 0.5) is 0 Å². The summed E-state index contributed by atoms with van der Waals surface area (Å²) in [6, 6.07) is 12.4. The number of rotatable bonds is 3. The van der Waals surface area contributed by atoms with Gasteiger partial charge < -0.3 is 4.90 Å². The fraction of sp³-hybridized carbons (Fsp3) is 0.160. The molecule has 1 N–H and O–H groups in total. The molecular weight excluding hydrogens is 404 g/mol. The Hall–Kier alpha value is -3.51. The number of hydrogen-bond donors (Lipinski definition) is 1. The Kier molecular flexibility index (Phi) is 4.32. The number of aromatic nitrogens is 3. The zero-order chi connectivity index (χ0) is 20.8. The number of allylic oxidation sites excluding steroid dienone is 2. The van der Waals surface area contributed by atoms with Crippen molar-refractivity contribution >= 4 is 33.7 Å². The third-order valence-corrected chi connectivity index (χ3v) is 6.97. The Morgan fingerprint density at radius 2 is 2.06 bits per heavy atom. The van der Waals surface area contributed by atoms with Gasteiger partial charge in [-0.15, -0.1) is 11.3 Å². The van der Waals surface area contributed by atoms with Crippen molar-refractivity contribution in [2.24, 2.45) is 0 Å². The van der Waals surface area contributed by atoms with Crippen molar-refractivity contribution in [1.29, 1.82) is 0 Å². The molecule has 1 amide bonds. The van der Waals surface area contributed by atoms with Crippen molar-refractivity contribution < 1.29 is 4.79 Å². The zero-order valence-corrected chi connectivity index (χ0v) is 17.7. The standard InChI is InChI=1S/C25H20N4OS/c30-25(24-2-1-11-31-24)29-9-7-16(8-10-29)20-4-6-23-21(20)13-18(14-26-23)17-3-5-22-19(12-17)15-27-28-22/h1-5,7,11-15H,6,8-10H2,(H,27,28). The fourth-order valence-electron chi connectivity index (χ4n) is 4.44. The lowest BCUT2D eigenvalue weighted by atomic mass is 9.94. The molecule has 4 aromatic rings. The van der Waals surface area contributed by atoms with Crippen molar-refractivity contribution in [3.05, 3.63) is 88.0 Å². The minimum atomic E-state index is 0.129. The minimum absolute atomic E-state index is 0.129. The number of carbonyl (C=O) groups is 1. The van der Waals surface area contributed by atoms with Crippen LogP contribution in [0.25, 0.3) is 27.6 Å². The molecule has 0 saturated heterocycles. The second-order valence-electron chi connectivity index (χ2n) is 7.92. The summed E-state index contributed by atoms with van der Waals surface area (Å²) in [7, 11) is 0. The number of thiophene rings is 1. The van der Waals surface area contributed by atoms with E-state index in [1.807, 2.05) is 34.8 Å². The molecule has 3 aromatic heterocycles. The molecule has 0 unspecified atom stereocenters. The van der Waals surface area contributed by atoms with Gasteiger partial charge >= 0.3 is 0 Å². The molecule has 0 spiro atoms. The Bertz CT molecular complexity index is 1360. The zero-order valence-electron chi connectivity index (χ0n) is 16.8. The average molecular weight is 425 g/mol. The molecule has 31 heavy (non-hydrogen) atoms. The molecule has 0 atom stereocenters. The summed E-state index contributed by atoms with van der Waals surface area (Å²) >= 11 is 1.50. The molecule has 152 valence electrons. The lowest BCUT2D eigenvalue weighted by Crippen LogP contribution is -2.34. The number of fused-ring (bicyclic) bond motifs is 2. The molecule has 5 nitrogen and oxygen atoms in total. The topological polar surface area (TPSA) is 61.9 Å². The predicted octanol–water partition coefficient (Wildman–Crippen LogP) is 5.10. The molecule has 0 fully saturated rings. The molecule has 1 aliphatic carbocycles. The van der Waals surface area contributed by atoms with Crippen LogP contribution in [0, 0.1) is 0 Å². The molecule has 6 heteroatoms. The number of nitrogens with one attached hydrogen (secondary N) is 1. The molecule has 2 aliphatic rings. The molecule has 0 bridgehead atoms. The number of benzene rings is 1. The second-order valence-corrected chi connectivity index (χ2v) is 8.87. The number of pyridine rings is 1. The van der Waals surface area contributed by atoms with Crippen LogP contribution in [0.2, 0.25) is 0 Å². The van der Waals surface area contributed by atoms with Gasteiger partial charge in [0, 0.05) is 42.2 Å². The molecule has 4 heterocycles. The first kappa shape index (κ1) is 18.3. The molecule has 0 saturated carbocycles. The van der Waals surface area contributed by atoms with E-state index in [2.05, 4.69) is 46.6 Å². The van der Waals surface area contributed by atoms with Crippen LogP contribution in [0.5, 0.6) is 0 Å². The molecular formula is C25H20N4OS. The first-order chi connectivity index (χ1) is 15.3. The van der Waals surface area contributed by atoms with Gasteiger partial charge in [0.1, 0.15) is 0 Å². The summed E-state index contributed by atoms with van der Waals surface area (Å²) in [5, 5.41) is 10.2. The van der Waals surface area contributed by atoms with Crippen LogP contribution < -0.4 is 0 Å². The van der Waals surface area contributed by atoms with Gasteiger partial charge in [0.05, 0.1) is 22.3 Å². The highest BCUT2D eigenvalue weighted by Crippen LogP contribution is 2.37. The lowest BCUT2D eigenvalue weighted by Gasteiger charge is -2.27. The first-order valence-corrected chi connectivity index (χ1v) is 11.3. The molecule has 0 radical (unpaired) electrons. The van der Waals surface area contributed by atoms with Crippen LogP contribution in [0.1, 0.15) is 27.3 Å². The van der Waals surface area contributed by atoms with Crippen molar-refractivity contribution in [3.63, 3.8) is 0 Å².